The van der Waals surface area contributed by atoms with Crippen LogP contribution in [0.4, 0.5) is 4.79 Å². The maximum absolute atomic E-state index is 11.5. The fourth-order valence-corrected chi connectivity index (χ4v) is 2.36. The fraction of sp³-hybridized carbons (Fsp3) is 0.400. The van der Waals surface area contributed by atoms with Crippen LogP contribution in [0.3, 0.4) is 0 Å². The largest absolute Gasteiger partial charge is 0.513 e. The van der Waals surface area contributed by atoms with Gasteiger partial charge in [-0.25, -0.2) is 4.79 Å². The van der Waals surface area contributed by atoms with Crippen molar-refractivity contribution in [2.45, 2.75) is 18.9 Å². The Labute approximate surface area is 113 Å². The average molecular weight is 261 g/mol. The summed E-state index contributed by atoms with van der Waals surface area (Å²) in [6.07, 6.45) is 1.97. The van der Waals surface area contributed by atoms with Crippen LogP contribution in [0.25, 0.3) is 0 Å². The van der Waals surface area contributed by atoms with E-state index in [2.05, 4.69) is 16.6 Å². The summed E-state index contributed by atoms with van der Waals surface area (Å²) >= 11 is 0. The maximum Gasteiger partial charge on any atom is 0.513 e. The minimum atomic E-state index is -0.678. The van der Waals surface area contributed by atoms with Gasteiger partial charge in [0.15, 0.2) is 0 Å². The molecule has 1 heterocycles. The van der Waals surface area contributed by atoms with Crippen molar-refractivity contribution in [3.8, 4) is 0 Å². The van der Waals surface area contributed by atoms with Crippen LogP contribution in [0.5, 0.6) is 0 Å². The normalized spacial score (nSPS) is 19.7. The van der Waals surface area contributed by atoms with Crippen LogP contribution in [0.2, 0.25) is 0 Å². The van der Waals surface area contributed by atoms with Gasteiger partial charge in [-0.1, -0.05) is 36.9 Å². The van der Waals surface area contributed by atoms with E-state index < -0.39 is 6.16 Å². The molecule has 1 saturated heterocycles. The number of carbonyl (C=O) groups is 1. The fourth-order valence-electron chi connectivity index (χ4n) is 2.36. The zero-order chi connectivity index (χ0) is 13.5. The number of benzene rings is 1. The van der Waals surface area contributed by atoms with E-state index in [-0.39, 0.29) is 6.10 Å². The Bertz CT molecular complexity index is 413. The highest BCUT2D eigenvalue weighted by molar-refractivity contribution is 5.60. The van der Waals surface area contributed by atoms with Gasteiger partial charge < -0.3 is 14.8 Å². The molecule has 0 bridgehead atoms. The van der Waals surface area contributed by atoms with Gasteiger partial charge in [-0.05, 0) is 18.5 Å². The Kier molecular flexibility index (Phi) is 4.98. The Morgan fingerprint density at radius 2 is 2.26 bits per heavy atom. The second-order valence-electron chi connectivity index (χ2n) is 4.63. The highest BCUT2D eigenvalue weighted by Crippen LogP contribution is 2.20. The zero-order valence-electron chi connectivity index (χ0n) is 10.9. The van der Waals surface area contributed by atoms with Gasteiger partial charge in [0, 0.05) is 18.9 Å². The van der Waals surface area contributed by atoms with E-state index in [9.17, 15) is 4.79 Å². The summed E-state index contributed by atoms with van der Waals surface area (Å²) in [5.74, 6) is 0.331. The lowest BCUT2D eigenvalue weighted by Gasteiger charge is -2.22. The summed E-state index contributed by atoms with van der Waals surface area (Å²) in [4.78, 5) is 11.5. The first-order valence-electron chi connectivity index (χ1n) is 6.52. The molecule has 1 N–H and O–H groups in total. The average Bonchev–Trinajstić information content (AvgIpc) is 2.93. The lowest BCUT2D eigenvalue weighted by Crippen LogP contribution is -2.30. The van der Waals surface area contributed by atoms with E-state index >= 15 is 0 Å². The Balaban J connectivity index is 2.01. The monoisotopic (exact) mass is 261 g/mol. The molecule has 1 aliphatic heterocycles. The second-order valence-corrected chi connectivity index (χ2v) is 4.63. The van der Waals surface area contributed by atoms with Gasteiger partial charge >= 0.3 is 6.16 Å². The molecule has 19 heavy (non-hydrogen) atoms. The van der Waals surface area contributed by atoms with Gasteiger partial charge in [-0.15, -0.1) is 0 Å². The molecule has 0 spiro atoms. The number of rotatable bonds is 5. The Morgan fingerprint density at radius 3 is 2.89 bits per heavy atom. The van der Waals surface area contributed by atoms with Crippen LogP contribution >= 0.6 is 0 Å². The quantitative estimate of drug-likeness (QED) is 0.653. The van der Waals surface area contributed by atoms with E-state index in [4.69, 9.17) is 4.74 Å². The van der Waals surface area contributed by atoms with E-state index in [1.807, 2.05) is 30.3 Å². The molecule has 0 saturated carbocycles. The summed E-state index contributed by atoms with van der Waals surface area (Å²) in [7, 11) is 0. The predicted octanol–water partition coefficient (Wildman–Crippen LogP) is 2.50. The lowest BCUT2D eigenvalue weighted by molar-refractivity contribution is 0.0247. The van der Waals surface area contributed by atoms with E-state index in [0.717, 1.165) is 31.3 Å². The Morgan fingerprint density at radius 1 is 1.47 bits per heavy atom. The number of nitrogens with one attached hydrogen (secondary N) is 1. The molecule has 2 unspecified atom stereocenters. The molecule has 1 aliphatic rings. The molecule has 102 valence electrons. The first-order chi connectivity index (χ1) is 9.29. The molecule has 2 atom stereocenters. The molecule has 0 aromatic heterocycles. The van der Waals surface area contributed by atoms with Crippen molar-refractivity contribution >= 4 is 6.16 Å². The first kappa shape index (κ1) is 13.6. The van der Waals surface area contributed by atoms with Crippen molar-refractivity contribution in [1.82, 2.24) is 5.32 Å². The van der Waals surface area contributed by atoms with E-state index in [0.29, 0.717) is 12.3 Å². The van der Waals surface area contributed by atoms with Crippen LogP contribution in [0.15, 0.2) is 43.2 Å². The standard InChI is InChI=1S/C15H19NO3/c1-2-18-15(17)19-14(13-8-9-16-11-13)10-12-6-4-3-5-7-12/h2-7,13-14,16H,1,8-11H2. The van der Waals surface area contributed by atoms with E-state index in [1.54, 1.807) is 0 Å². The van der Waals surface area contributed by atoms with Crippen molar-refractivity contribution in [2.24, 2.45) is 5.92 Å². The molecular formula is C15H19NO3. The van der Waals surface area contributed by atoms with Crippen molar-refractivity contribution in [3.05, 3.63) is 48.7 Å². The van der Waals surface area contributed by atoms with Gasteiger partial charge in [0.1, 0.15) is 6.10 Å². The van der Waals surface area contributed by atoms with E-state index in [1.165, 1.54) is 0 Å². The zero-order valence-corrected chi connectivity index (χ0v) is 10.9. The number of hydrogen-bond donors (Lipinski definition) is 1. The van der Waals surface area contributed by atoms with Crippen LogP contribution in [0, 0.1) is 5.92 Å². The molecule has 0 radical (unpaired) electrons. The second kappa shape index (κ2) is 6.95. The van der Waals surface area contributed by atoms with Crippen LogP contribution in [0.1, 0.15) is 12.0 Å². The van der Waals surface area contributed by atoms with Gasteiger partial charge in [0.25, 0.3) is 0 Å². The Hall–Kier alpha value is -1.81. The summed E-state index contributed by atoms with van der Waals surface area (Å²) in [6.45, 7) is 5.20. The molecule has 1 fully saturated rings. The third-order valence-corrected chi connectivity index (χ3v) is 3.33. The molecule has 1 aromatic rings. The van der Waals surface area contributed by atoms with Crippen LogP contribution < -0.4 is 5.32 Å². The number of hydrogen-bond acceptors (Lipinski definition) is 4. The molecular weight excluding hydrogens is 242 g/mol. The van der Waals surface area contributed by atoms with Gasteiger partial charge in [0.2, 0.25) is 0 Å². The van der Waals surface area contributed by atoms with Gasteiger partial charge in [-0.2, -0.15) is 0 Å². The molecule has 4 heteroatoms. The minimum Gasteiger partial charge on any atom is -0.430 e. The molecule has 0 aliphatic carbocycles. The minimum absolute atomic E-state index is 0.162. The summed E-state index contributed by atoms with van der Waals surface area (Å²) in [5.41, 5.74) is 1.16. The van der Waals surface area contributed by atoms with Crippen molar-refractivity contribution < 1.29 is 14.3 Å². The van der Waals surface area contributed by atoms with Crippen molar-refractivity contribution in [2.75, 3.05) is 13.1 Å². The van der Waals surface area contributed by atoms with Crippen molar-refractivity contribution in [1.29, 1.82) is 0 Å². The number of carbonyl (C=O) groups excluding carboxylic acids is 1. The molecule has 2 rings (SSSR count). The third-order valence-electron chi connectivity index (χ3n) is 3.33. The van der Waals surface area contributed by atoms with Gasteiger partial charge in [0.05, 0.1) is 6.26 Å². The lowest BCUT2D eigenvalue weighted by atomic mass is 9.95. The van der Waals surface area contributed by atoms with Crippen LogP contribution in [-0.4, -0.2) is 25.3 Å². The first-order valence-corrected chi connectivity index (χ1v) is 6.52. The summed E-state index contributed by atoms with van der Waals surface area (Å²) in [5, 5.41) is 3.29. The molecule has 4 nitrogen and oxygen atoms in total. The summed E-state index contributed by atoms with van der Waals surface area (Å²) < 4.78 is 10.1. The third kappa shape index (κ3) is 4.10. The van der Waals surface area contributed by atoms with Crippen molar-refractivity contribution in [3.63, 3.8) is 0 Å². The maximum atomic E-state index is 11.5. The highest BCUT2D eigenvalue weighted by atomic mass is 16.7. The molecule has 1 aromatic carbocycles. The highest BCUT2D eigenvalue weighted by Gasteiger charge is 2.28. The topological polar surface area (TPSA) is 47.6 Å². The number of ether oxygens (including phenoxy) is 2. The predicted molar refractivity (Wildman–Crippen MR) is 72.7 cm³/mol. The smallest absolute Gasteiger partial charge is 0.430 e. The molecule has 0 amide bonds. The summed E-state index contributed by atoms with van der Waals surface area (Å²) in [6, 6.07) is 10.0. The SMILES string of the molecule is C=COC(=O)OC(Cc1ccccc1)C1CCNC1. The van der Waals surface area contributed by atoms with Crippen LogP contribution in [-0.2, 0) is 15.9 Å². The van der Waals surface area contributed by atoms with Gasteiger partial charge in [-0.3, -0.25) is 0 Å².